The lowest BCUT2D eigenvalue weighted by Gasteiger charge is -2.19. The summed E-state index contributed by atoms with van der Waals surface area (Å²) >= 11 is 3.00. The maximum Gasteiger partial charge on any atom is 0.231 e. The predicted molar refractivity (Wildman–Crippen MR) is 118 cm³/mol. The molecule has 0 aliphatic heterocycles. The first-order chi connectivity index (χ1) is 13.7. The van der Waals surface area contributed by atoms with E-state index in [4.69, 9.17) is 5.73 Å². The van der Waals surface area contributed by atoms with E-state index in [-0.39, 0.29) is 11.9 Å². The van der Waals surface area contributed by atoms with Crippen LogP contribution in [-0.4, -0.2) is 16.6 Å². The summed E-state index contributed by atoms with van der Waals surface area (Å²) in [5, 5.41) is 3.16. The van der Waals surface area contributed by atoms with Crippen molar-refractivity contribution in [2.75, 3.05) is 11.5 Å². The maximum atomic E-state index is 12.7. The Morgan fingerprint density at radius 1 is 1.00 bits per heavy atom. The van der Waals surface area contributed by atoms with Gasteiger partial charge in [0.1, 0.15) is 0 Å². The zero-order chi connectivity index (χ0) is 19.3. The SMILES string of the molecule is Nc1ccc2nc(SCC(=O)NC(c3ccccc3)c3ccccc3)sc2c1. The molecular weight excluding hydrogens is 386 g/mol. The number of thioether (sulfide) groups is 1. The summed E-state index contributed by atoms with van der Waals surface area (Å²) in [4.78, 5) is 17.2. The van der Waals surface area contributed by atoms with Crippen LogP contribution in [0, 0.1) is 0 Å². The van der Waals surface area contributed by atoms with Crippen molar-refractivity contribution in [1.82, 2.24) is 10.3 Å². The smallest absolute Gasteiger partial charge is 0.231 e. The summed E-state index contributed by atoms with van der Waals surface area (Å²) in [7, 11) is 0. The second kappa shape index (κ2) is 8.46. The highest BCUT2D eigenvalue weighted by atomic mass is 32.2. The molecule has 0 bridgehead atoms. The highest BCUT2D eigenvalue weighted by Crippen LogP contribution is 2.31. The molecule has 0 unspecified atom stereocenters. The van der Waals surface area contributed by atoms with E-state index in [1.807, 2.05) is 78.9 Å². The highest BCUT2D eigenvalue weighted by Gasteiger charge is 2.17. The van der Waals surface area contributed by atoms with Crippen LogP contribution in [0.3, 0.4) is 0 Å². The molecule has 28 heavy (non-hydrogen) atoms. The second-order valence-electron chi connectivity index (χ2n) is 6.32. The summed E-state index contributed by atoms with van der Waals surface area (Å²) in [5.74, 6) is 0.285. The molecule has 0 fully saturated rings. The molecule has 0 aliphatic rings. The predicted octanol–water partition coefficient (Wildman–Crippen LogP) is 4.88. The topological polar surface area (TPSA) is 68.0 Å². The van der Waals surface area contributed by atoms with Gasteiger partial charge >= 0.3 is 0 Å². The summed E-state index contributed by atoms with van der Waals surface area (Å²) in [6.07, 6.45) is 0. The average molecular weight is 406 g/mol. The number of amides is 1. The molecule has 0 atom stereocenters. The van der Waals surface area contributed by atoms with E-state index in [1.165, 1.54) is 11.8 Å². The molecule has 3 N–H and O–H groups in total. The largest absolute Gasteiger partial charge is 0.399 e. The average Bonchev–Trinajstić information content (AvgIpc) is 3.14. The van der Waals surface area contributed by atoms with Crippen LogP contribution in [0.1, 0.15) is 17.2 Å². The Kier molecular flexibility index (Phi) is 5.60. The van der Waals surface area contributed by atoms with E-state index >= 15 is 0 Å². The number of hydrogen-bond donors (Lipinski definition) is 2. The van der Waals surface area contributed by atoms with E-state index in [2.05, 4.69) is 10.3 Å². The third kappa shape index (κ3) is 4.35. The Morgan fingerprint density at radius 3 is 2.29 bits per heavy atom. The third-order valence-electron chi connectivity index (χ3n) is 4.29. The fourth-order valence-corrected chi connectivity index (χ4v) is 4.89. The van der Waals surface area contributed by atoms with Crippen LogP contribution in [-0.2, 0) is 4.79 Å². The molecular formula is C22H19N3OS2. The number of nitrogens with two attached hydrogens (primary N) is 1. The molecule has 4 nitrogen and oxygen atoms in total. The lowest BCUT2D eigenvalue weighted by Crippen LogP contribution is -2.30. The number of hydrogen-bond acceptors (Lipinski definition) is 5. The molecule has 0 spiro atoms. The number of benzene rings is 3. The number of anilines is 1. The van der Waals surface area contributed by atoms with Crippen molar-refractivity contribution >= 4 is 44.9 Å². The normalized spacial score (nSPS) is 11.0. The Morgan fingerprint density at radius 2 is 1.64 bits per heavy atom. The summed E-state index contributed by atoms with van der Waals surface area (Å²) in [6, 6.07) is 25.5. The van der Waals surface area contributed by atoms with Crippen LogP contribution in [0.25, 0.3) is 10.2 Å². The molecule has 3 aromatic carbocycles. The number of fused-ring (bicyclic) bond motifs is 1. The summed E-state index contributed by atoms with van der Waals surface area (Å²) in [5.41, 5.74) is 9.58. The number of thiazole rings is 1. The van der Waals surface area contributed by atoms with Crippen LogP contribution in [0.4, 0.5) is 5.69 Å². The van der Waals surface area contributed by atoms with Gasteiger partial charge in [0.15, 0.2) is 4.34 Å². The van der Waals surface area contributed by atoms with Crippen molar-refractivity contribution in [3.8, 4) is 0 Å². The minimum absolute atomic E-state index is 0.0264. The minimum atomic E-state index is -0.175. The number of nitrogens with one attached hydrogen (secondary N) is 1. The number of rotatable bonds is 6. The van der Waals surface area contributed by atoms with Crippen LogP contribution in [0.15, 0.2) is 83.2 Å². The standard InChI is InChI=1S/C22H19N3OS2/c23-17-11-12-18-19(13-17)28-22(24-18)27-14-20(26)25-21(15-7-3-1-4-8-15)16-9-5-2-6-10-16/h1-13,21H,14,23H2,(H,25,26). The van der Waals surface area contributed by atoms with Crippen LogP contribution in [0.2, 0.25) is 0 Å². The number of nitrogens with zero attached hydrogens (tertiary/aromatic N) is 1. The fourth-order valence-electron chi connectivity index (χ4n) is 2.96. The zero-order valence-corrected chi connectivity index (χ0v) is 16.7. The molecule has 1 amide bonds. The third-order valence-corrected chi connectivity index (χ3v) is 6.45. The van der Waals surface area contributed by atoms with Gasteiger partial charge in [-0.15, -0.1) is 11.3 Å². The monoisotopic (exact) mass is 405 g/mol. The summed E-state index contributed by atoms with van der Waals surface area (Å²) < 4.78 is 1.90. The van der Waals surface area contributed by atoms with E-state index in [0.29, 0.717) is 5.75 Å². The van der Waals surface area contributed by atoms with Gasteiger partial charge in [0.2, 0.25) is 5.91 Å². The minimum Gasteiger partial charge on any atom is -0.399 e. The van der Waals surface area contributed by atoms with Crippen molar-refractivity contribution in [2.45, 2.75) is 10.4 Å². The van der Waals surface area contributed by atoms with Gasteiger partial charge in [-0.3, -0.25) is 4.79 Å². The first-order valence-electron chi connectivity index (χ1n) is 8.87. The van der Waals surface area contributed by atoms with Gasteiger partial charge in [-0.05, 0) is 29.3 Å². The van der Waals surface area contributed by atoms with Crippen molar-refractivity contribution in [2.24, 2.45) is 0 Å². The van der Waals surface area contributed by atoms with Crippen molar-refractivity contribution < 1.29 is 4.79 Å². The van der Waals surface area contributed by atoms with Gasteiger partial charge in [-0.25, -0.2) is 4.98 Å². The van der Waals surface area contributed by atoms with E-state index < -0.39 is 0 Å². The molecule has 1 aromatic heterocycles. The number of carbonyl (C=O) groups is 1. The zero-order valence-electron chi connectivity index (χ0n) is 15.0. The summed E-state index contributed by atoms with van der Waals surface area (Å²) in [6.45, 7) is 0. The van der Waals surface area contributed by atoms with Crippen LogP contribution >= 0.6 is 23.1 Å². The quantitative estimate of drug-likeness (QED) is 0.354. The second-order valence-corrected chi connectivity index (χ2v) is 8.57. The fraction of sp³-hybridized carbons (Fsp3) is 0.0909. The van der Waals surface area contributed by atoms with Crippen molar-refractivity contribution in [3.05, 3.63) is 90.0 Å². The molecule has 6 heteroatoms. The number of aromatic nitrogens is 1. The Balaban J connectivity index is 1.46. The Labute approximate surface area is 171 Å². The molecule has 140 valence electrons. The number of carbonyl (C=O) groups excluding carboxylic acids is 1. The lowest BCUT2D eigenvalue weighted by molar-refractivity contribution is -0.119. The van der Waals surface area contributed by atoms with Gasteiger partial charge < -0.3 is 11.1 Å². The number of nitrogen functional groups attached to an aromatic ring is 1. The van der Waals surface area contributed by atoms with Crippen LogP contribution < -0.4 is 11.1 Å². The van der Waals surface area contributed by atoms with E-state index in [9.17, 15) is 4.79 Å². The molecule has 1 heterocycles. The Bertz CT molecular complexity index is 1040. The first-order valence-corrected chi connectivity index (χ1v) is 10.7. The van der Waals surface area contributed by atoms with Gasteiger partial charge in [0, 0.05) is 5.69 Å². The van der Waals surface area contributed by atoms with E-state index in [1.54, 1.807) is 11.3 Å². The lowest BCUT2D eigenvalue weighted by atomic mass is 9.99. The molecule has 0 radical (unpaired) electrons. The van der Waals surface area contributed by atoms with Gasteiger partial charge in [0.05, 0.1) is 22.0 Å². The van der Waals surface area contributed by atoms with Gasteiger partial charge in [-0.1, -0.05) is 72.4 Å². The highest BCUT2D eigenvalue weighted by molar-refractivity contribution is 8.01. The molecule has 0 aliphatic carbocycles. The van der Waals surface area contributed by atoms with E-state index in [0.717, 1.165) is 31.4 Å². The Hall–Kier alpha value is -2.83. The first kappa shape index (κ1) is 18.5. The van der Waals surface area contributed by atoms with Crippen molar-refractivity contribution in [1.29, 1.82) is 0 Å². The van der Waals surface area contributed by atoms with Crippen LogP contribution in [0.5, 0.6) is 0 Å². The molecule has 4 aromatic rings. The molecule has 4 rings (SSSR count). The van der Waals surface area contributed by atoms with Gasteiger partial charge in [-0.2, -0.15) is 0 Å². The maximum absolute atomic E-state index is 12.7. The molecule has 0 saturated carbocycles. The van der Waals surface area contributed by atoms with Crippen molar-refractivity contribution in [3.63, 3.8) is 0 Å². The molecule has 0 saturated heterocycles. The van der Waals surface area contributed by atoms with Gasteiger partial charge in [0.25, 0.3) is 0 Å².